The van der Waals surface area contributed by atoms with Crippen molar-refractivity contribution < 1.29 is 14.7 Å². The van der Waals surface area contributed by atoms with Gasteiger partial charge in [-0.25, -0.2) is 4.98 Å². The second kappa shape index (κ2) is 7.28. The summed E-state index contributed by atoms with van der Waals surface area (Å²) in [4.78, 5) is 35.9. The van der Waals surface area contributed by atoms with Crippen LogP contribution in [0.1, 0.15) is 43.6 Å². The minimum atomic E-state index is -0.937. The number of hydrogen-bond acceptors (Lipinski definition) is 6. The van der Waals surface area contributed by atoms with Crippen molar-refractivity contribution in [3.63, 3.8) is 0 Å². The van der Waals surface area contributed by atoms with Crippen LogP contribution in [0.25, 0.3) is 10.7 Å². The molecule has 2 aromatic rings. The first kappa shape index (κ1) is 17.0. The zero-order chi connectivity index (χ0) is 16.9. The molecular weight excluding hydrogens is 316 g/mol. The van der Waals surface area contributed by atoms with Crippen molar-refractivity contribution in [3.8, 4) is 10.7 Å². The molecule has 23 heavy (non-hydrogen) atoms. The standard InChI is InChI=1S/C15H18N4O3S/c1-3-15(4-2,7-12(20)21)19-13(22)11-9-23-14(18-11)10-8-16-5-6-17-10/h5-6,8-9H,3-4,7H2,1-2H3,(H,19,22)(H,20,21). The molecule has 2 aromatic heterocycles. The summed E-state index contributed by atoms with van der Waals surface area (Å²) in [5, 5.41) is 14.1. The maximum Gasteiger partial charge on any atom is 0.305 e. The van der Waals surface area contributed by atoms with Gasteiger partial charge in [-0.3, -0.25) is 19.6 Å². The van der Waals surface area contributed by atoms with E-state index in [0.717, 1.165) is 0 Å². The van der Waals surface area contributed by atoms with E-state index in [0.29, 0.717) is 23.5 Å². The van der Waals surface area contributed by atoms with E-state index >= 15 is 0 Å². The third-order valence-corrected chi connectivity index (χ3v) is 4.61. The van der Waals surface area contributed by atoms with Crippen molar-refractivity contribution in [3.05, 3.63) is 29.7 Å². The van der Waals surface area contributed by atoms with E-state index < -0.39 is 11.5 Å². The van der Waals surface area contributed by atoms with Crippen molar-refractivity contribution in [2.24, 2.45) is 0 Å². The van der Waals surface area contributed by atoms with E-state index in [2.05, 4.69) is 20.3 Å². The fraction of sp³-hybridized carbons (Fsp3) is 0.400. The largest absolute Gasteiger partial charge is 0.481 e. The van der Waals surface area contributed by atoms with Crippen LogP contribution < -0.4 is 5.32 Å². The zero-order valence-corrected chi connectivity index (χ0v) is 13.8. The first-order valence-electron chi connectivity index (χ1n) is 7.26. The van der Waals surface area contributed by atoms with Gasteiger partial charge in [0.05, 0.1) is 18.2 Å². The number of hydrogen-bond donors (Lipinski definition) is 2. The third kappa shape index (κ3) is 4.10. The SMILES string of the molecule is CCC(CC)(CC(=O)O)NC(=O)c1csc(-c2cnccn2)n1. The van der Waals surface area contributed by atoms with E-state index in [1.165, 1.54) is 11.3 Å². The van der Waals surface area contributed by atoms with Crippen LogP contribution in [-0.4, -0.2) is 37.5 Å². The smallest absolute Gasteiger partial charge is 0.305 e. The number of carboxylic acid groups (broad SMARTS) is 1. The molecule has 0 aromatic carbocycles. The number of carbonyl (C=O) groups is 2. The number of thiazole rings is 1. The predicted octanol–water partition coefficient (Wildman–Crippen LogP) is 2.36. The van der Waals surface area contributed by atoms with Crippen molar-refractivity contribution >= 4 is 23.2 Å². The minimum absolute atomic E-state index is 0.118. The first-order chi connectivity index (χ1) is 11.0. The van der Waals surface area contributed by atoms with Gasteiger partial charge in [0.1, 0.15) is 16.4 Å². The highest BCUT2D eigenvalue weighted by Crippen LogP contribution is 2.23. The first-order valence-corrected chi connectivity index (χ1v) is 8.14. The molecule has 0 radical (unpaired) electrons. The molecule has 0 spiro atoms. The molecule has 0 saturated carbocycles. The normalized spacial score (nSPS) is 11.2. The molecule has 7 nitrogen and oxygen atoms in total. The van der Waals surface area contributed by atoms with Gasteiger partial charge in [-0.1, -0.05) is 13.8 Å². The molecular formula is C15H18N4O3S. The Balaban J connectivity index is 2.17. The molecule has 0 aliphatic carbocycles. The van der Waals surface area contributed by atoms with Crippen molar-refractivity contribution in [2.75, 3.05) is 0 Å². The van der Waals surface area contributed by atoms with Crippen molar-refractivity contribution in [1.29, 1.82) is 0 Å². The summed E-state index contributed by atoms with van der Waals surface area (Å²) in [5.41, 5.74) is 0.0887. The molecule has 2 heterocycles. The minimum Gasteiger partial charge on any atom is -0.481 e. The summed E-state index contributed by atoms with van der Waals surface area (Å²) in [6.45, 7) is 3.72. The Bertz CT molecular complexity index is 683. The fourth-order valence-electron chi connectivity index (χ4n) is 2.22. The molecule has 2 rings (SSSR count). The Morgan fingerprint density at radius 2 is 2.04 bits per heavy atom. The van der Waals surface area contributed by atoms with Gasteiger partial charge in [0.15, 0.2) is 0 Å². The third-order valence-electron chi connectivity index (χ3n) is 3.74. The Labute approximate surface area is 137 Å². The summed E-state index contributed by atoms with van der Waals surface area (Å²) < 4.78 is 0. The van der Waals surface area contributed by atoms with Crippen LogP contribution in [0.5, 0.6) is 0 Å². The fourth-order valence-corrected chi connectivity index (χ4v) is 2.98. The van der Waals surface area contributed by atoms with Gasteiger partial charge in [-0.15, -0.1) is 11.3 Å². The molecule has 122 valence electrons. The predicted molar refractivity (Wildman–Crippen MR) is 86.2 cm³/mol. The molecule has 0 bridgehead atoms. The number of aliphatic carboxylic acids is 1. The number of rotatable bonds is 7. The number of aromatic nitrogens is 3. The Kier molecular flexibility index (Phi) is 5.38. The molecule has 0 aliphatic rings. The molecule has 0 saturated heterocycles. The summed E-state index contributed by atoms with van der Waals surface area (Å²) in [5.74, 6) is -1.31. The summed E-state index contributed by atoms with van der Waals surface area (Å²) in [6.07, 6.45) is 5.64. The van der Waals surface area contributed by atoms with Gasteiger partial charge in [0.2, 0.25) is 0 Å². The monoisotopic (exact) mass is 334 g/mol. The van der Waals surface area contributed by atoms with Gasteiger partial charge in [-0.2, -0.15) is 0 Å². The number of amides is 1. The van der Waals surface area contributed by atoms with Crippen LogP contribution in [0.2, 0.25) is 0 Å². The Morgan fingerprint density at radius 3 is 2.61 bits per heavy atom. The molecule has 0 unspecified atom stereocenters. The summed E-state index contributed by atoms with van der Waals surface area (Å²) in [6, 6.07) is 0. The summed E-state index contributed by atoms with van der Waals surface area (Å²) in [7, 11) is 0. The number of nitrogens with one attached hydrogen (secondary N) is 1. The molecule has 2 N–H and O–H groups in total. The molecule has 0 fully saturated rings. The Hall–Kier alpha value is -2.35. The molecule has 0 aliphatic heterocycles. The topological polar surface area (TPSA) is 105 Å². The zero-order valence-electron chi connectivity index (χ0n) is 12.9. The van der Waals surface area contributed by atoms with Crippen LogP contribution in [0.4, 0.5) is 0 Å². The van der Waals surface area contributed by atoms with E-state index in [-0.39, 0.29) is 18.0 Å². The quantitative estimate of drug-likeness (QED) is 0.805. The molecule has 8 heteroatoms. The van der Waals surface area contributed by atoms with E-state index in [4.69, 9.17) is 5.11 Å². The van der Waals surface area contributed by atoms with Crippen LogP contribution in [0.15, 0.2) is 24.0 Å². The average molecular weight is 334 g/mol. The van der Waals surface area contributed by atoms with Gasteiger partial charge >= 0.3 is 5.97 Å². The Morgan fingerprint density at radius 1 is 1.30 bits per heavy atom. The maximum atomic E-state index is 12.4. The van der Waals surface area contributed by atoms with Gasteiger partial charge in [-0.05, 0) is 12.8 Å². The number of carboxylic acids is 1. The molecule has 1 amide bonds. The summed E-state index contributed by atoms with van der Waals surface area (Å²) >= 11 is 1.30. The van der Waals surface area contributed by atoms with E-state index in [1.54, 1.807) is 24.0 Å². The van der Waals surface area contributed by atoms with Crippen LogP contribution in [-0.2, 0) is 4.79 Å². The van der Waals surface area contributed by atoms with Gasteiger partial charge in [0.25, 0.3) is 5.91 Å². The highest BCUT2D eigenvalue weighted by atomic mass is 32.1. The van der Waals surface area contributed by atoms with Crippen molar-refractivity contribution in [1.82, 2.24) is 20.3 Å². The van der Waals surface area contributed by atoms with Gasteiger partial charge < -0.3 is 10.4 Å². The van der Waals surface area contributed by atoms with E-state index in [1.807, 2.05) is 13.8 Å². The lowest BCUT2D eigenvalue weighted by molar-refractivity contribution is -0.138. The second-order valence-corrected chi connectivity index (χ2v) is 6.00. The van der Waals surface area contributed by atoms with Gasteiger partial charge in [0, 0.05) is 17.8 Å². The lowest BCUT2D eigenvalue weighted by Crippen LogP contribution is -2.49. The van der Waals surface area contributed by atoms with Crippen LogP contribution in [0, 0.1) is 0 Å². The molecule has 0 atom stereocenters. The average Bonchev–Trinajstić information content (AvgIpc) is 3.04. The number of nitrogens with zero attached hydrogens (tertiary/aromatic N) is 3. The maximum absolute atomic E-state index is 12.4. The van der Waals surface area contributed by atoms with E-state index in [9.17, 15) is 9.59 Å². The second-order valence-electron chi connectivity index (χ2n) is 5.14. The highest BCUT2D eigenvalue weighted by Gasteiger charge is 2.32. The lowest BCUT2D eigenvalue weighted by atomic mass is 9.89. The lowest BCUT2D eigenvalue weighted by Gasteiger charge is -2.31. The highest BCUT2D eigenvalue weighted by molar-refractivity contribution is 7.13. The van der Waals surface area contributed by atoms with Crippen molar-refractivity contribution in [2.45, 2.75) is 38.6 Å². The van der Waals surface area contributed by atoms with Crippen LogP contribution in [0.3, 0.4) is 0 Å². The van der Waals surface area contributed by atoms with Crippen LogP contribution >= 0.6 is 11.3 Å². The number of carbonyl (C=O) groups excluding carboxylic acids is 1.